The highest BCUT2D eigenvalue weighted by Crippen LogP contribution is 2.22. The largest absolute Gasteiger partial charge is 0.465 e. The lowest BCUT2D eigenvalue weighted by Gasteiger charge is -2.25. The van der Waals surface area contributed by atoms with Gasteiger partial charge in [0.1, 0.15) is 5.82 Å². The van der Waals surface area contributed by atoms with Crippen molar-refractivity contribution in [2.45, 2.75) is 12.8 Å². The summed E-state index contributed by atoms with van der Waals surface area (Å²) in [6, 6.07) is 4.98. The van der Waals surface area contributed by atoms with Crippen LogP contribution in [0.2, 0.25) is 0 Å². The zero-order chi connectivity index (χ0) is 13.1. The predicted octanol–water partition coefficient (Wildman–Crippen LogP) is 3.75. The number of amides is 1. The minimum absolute atomic E-state index is 0.285. The summed E-state index contributed by atoms with van der Waals surface area (Å²) < 4.78 is 13.8. The van der Waals surface area contributed by atoms with Crippen molar-refractivity contribution in [2.24, 2.45) is 0 Å². The first kappa shape index (κ1) is 13.1. The van der Waals surface area contributed by atoms with Crippen molar-refractivity contribution in [1.29, 1.82) is 0 Å². The molecule has 96 valence electrons. The average molecular weight is 314 g/mol. The standard InChI is InChI=1S/C13H13BrFNO2/c14-11-2-1-10(8-12(11)15)7-9-3-5-16(6-4-9)13(17)18/h1-2,7-8H,3-6H2,(H,17,18). The van der Waals surface area contributed by atoms with Gasteiger partial charge in [-0.15, -0.1) is 0 Å². The Kier molecular flexibility index (Phi) is 4.01. The Morgan fingerprint density at radius 1 is 1.39 bits per heavy atom. The van der Waals surface area contributed by atoms with Crippen molar-refractivity contribution >= 4 is 28.1 Å². The summed E-state index contributed by atoms with van der Waals surface area (Å²) in [6.45, 7) is 1.03. The second-order valence-corrected chi connectivity index (χ2v) is 5.10. The second kappa shape index (κ2) is 5.52. The van der Waals surface area contributed by atoms with Gasteiger partial charge in [0.2, 0.25) is 0 Å². The molecule has 3 nitrogen and oxygen atoms in total. The number of benzene rings is 1. The summed E-state index contributed by atoms with van der Waals surface area (Å²) in [5.74, 6) is -0.285. The molecular formula is C13H13BrFNO2. The van der Waals surface area contributed by atoms with E-state index in [0.29, 0.717) is 30.4 Å². The van der Waals surface area contributed by atoms with E-state index in [0.717, 1.165) is 11.1 Å². The lowest BCUT2D eigenvalue weighted by molar-refractivity contribution is 0.142. The topological polar surface area (TPSA) is 40.5 Å². The summed E-state index contributed by atoms with van der Waals surface area (Å²) in [5, 5.41) is 8.83. The predicted molar refractivity (Wildman–Crippen MR) is 70.9 cm³/mol. The molecule has 0 unspecified atom stereocenters. The maximum absolute atomic E-state index is 13.3. The SMILES string of the molecule is O=C(O)N1CCC(=Cc2ccc(Br)c(F)c2)CC1. The van der Waals surface area contributed by atoms with E-state index in [4.69, 9.17) is 5.11 Å². The third-order valence-electron chi connectivity index (χ3n) is 2.99. The van der Waals surface area contributed by atoms with Crippen LogP contribution in [0, 0.1) is 5.82 Å². The van der Waals surface area contributed by atoms with E-state index in [1.54, 1.807) is 6.07 Å². The molecule has 0 atom stereocenters. The maximum Gasteiger partial charge on any atom is 0.407 e. The van der Waals surface area contributed by atoms with Gasteiger partial charge in [0.05, 0.1) is 4.47 Å². The number of carboxylic acid groups (broad SMARTS) is 1. The minimum atomic E-state index is -0.872. The number of likely N-dealkylation sites (tertiary alicyclic amines) is 1. The number of carbonyl (C=O) groups is 1. The molecule has 1 heterocycles. The molecule has 0 spiro atoms. The number of rotatable bonds is 1. The molecule has 2 rings (SSSR count). The Bertz CT molecular complexity index is 492. The molecule has 1 fully saturated rings. The van der Waals surface area contributed by atoms with Gasteiger partial charge in [-0.3, -0.25) is 0 Å². The van der Waals surface area contributed by atoms with E-state index >= 15 is 0 Å². The Morgan fingerprint density at radius 2 is 2.06 bits per heavy atom. The van der Waals surface area contributed by atoms with Crippen LogP contribution < -0.4 is 0 Å². The molecule has 1 aliphatic rings. The van der Waals surface area contributed by atoms with Crippen molar-refractivity contribution in [3.63, 3.8) is 0 Å². The summed E-state index contributed by atoms with van der Waals surface area (Å²) in [7, 11) is 0. The smallest absolute Gasteiger partial charge is 0.407 e. The van der Waals surface area contributed by atoms with Gasteiger partial charge >= 0.3 is 6.09 Å². The first-order chi connectivity index (χ1) is 8.56. The zero-order valence-corrected chi connectivity index (χ0v) is 11.3. The molecule has 18 heavy (non-hydrogen) atoms. The molecule has 1 saturated heterocycles. The number of nitrogens with zero attached hydrogens (tertiary/aromatic N) is 1. The van der Waals surface area contributed by atoms with Gasteiger partial charge in [-0.2, -0.15) is 0 Å². The maximum atomic E-state index is 13.3. The van der Waals surface area contributed by atoms with Gasteiger partial charge in [0, 0.05) is 13.1 Å². The first-order valence-corrected chi connectivity index (χ1v) is 6.48. The minimum Gasteiger partial charge on any atom is -0.465 e. The Morgan fingerprint density at radius 3 is 2.61 bits per heavy atom. The molecular weight excluding hydrogens is 301 g/mol. The zero-order valence-electron chi connectivity index (χ0n) is 9.70. The normalized spacial score (nSPS) is 15.7. The highest BCUT2D eigenvalue weighted by Gasteiger charge is 2.17. The molecule has 1 aliphatic heterocycles. The second-order valence-electron chi connectivity index (χ2n) is 4.25. The molecule has 5 heteroatoms. The van der Waals surface area contributed by atoms with E-state index in [-0.39, 0.29) is 5.82 Å². The Balaban J connectivity index is 2.06. The first-order valence-electron chi connectivity index (χ1n) is 5.68. The van der Waals surface area contributed by atoms with Crippen LogP contribution in [0.25, 0.3) is 6.08 Å². The van der Waals surface area contributed by atoms with E-state index in [2.05, 4.69) is 15.9 Å². The summed E-state index contributed by atoms with van der Waals surface area (Å²) in [4.78, 5) is 12.2. The van der Waals surface area contributed by atoms with Crippen LogP contribution in [0.4, 0.5) is 9.18 Å². The molecule has 0 aromatic heterocycles. The molecule has 0 radical (unpaired) electrons. The van der Waals surface area contributed by atoms with Crippen LogP contribution in [-0.2, 0) is 0 Å². The van der Waals surface area contributed by atoms with Crippen LogP contribution >= 0.6 is 15.9 Å². The highest BCUT2D eigenvalue weighted by molar-refractivity contribution is 9.10. The summed E-state index contributed by atoms with van der Waals surface area (Å²) in [6.07, 6.45) is 2.49. The quantitative estimate of drug-likeness (QED) is 0.858. The van der Waals surface area contributed by atoms with Gasteiger partial charge in [-0.05, 0) is 46.5 Å². The lowest BCUT2D eigenvalue weighted by atomic mass is 10.0. The molecule has 1 aromatic rings. The average Bonchev–Trinajstić information content (AvgIpc) is 2.34. The van der Waals surface area contributed by atoms with Crippen LogP contribution in [0.15, 0.2) is 28.2 Å². The van der Waals surface area contributed by atoms with Gasteiger partial charge in [-0.1, -0.05) is 17.7 Å². The van der Waals surface area contributed by atoms with E-state index in [1.165, 1.54) is 11.0 Å². The number of piperidine rings is 1. The molecule has 0 aliphatic carbocycles. The van der Waals surface area contributed by atoms with E-state index in [1.807, 2.05) is 12.1 Å². The fourth-order valence-electron chi connectivity index (χ4n) is 1.97. The fraction of sp³-hybridized carbons (Fsp3) is 0.308. The van der Waals surface area contributed by atoms with Crippen LogP contribution in [0.1, 0.15) is 18.4 Å². The van der Waals surface area contributed by atoms with Gasteiger partial charge in [-0.25, -0.2) is 9.18 Å². The monoisotopic (exact) mass is 313 g/mol. The number of hydrogen-bond donors (Lipinski definition) is 1. The third-order valence-corrected chi connectivity index (χ3v) is 3.63. The van der Waals surface area contributed by atoms with Crippen molar-refractivity contribution in [1.82, 2.24) is 4.90 Å². The van der Waals surface area contributed by atoms with Crippen LogP contribution in [-0.4, -0.2) is 29.2 Å². The molecule has 1 N–H and O–H groups in total. The van der Waals surface area contributed by atoms with Crippen molar-refractivity contribution < 1.29 is 14.3 Å². The van der Waals surface area contributed by atoms with Crippen LogP contribution in [0.3, 0.4) is 0 Å². The van der Waals surface area contributed by atoms with Gasteiger partial charge in [0.25, 0.3) is 0 Å². The van der Waals surface area contributed by atoms with Gasteiger partial charge in [0.15, 0.2) is 0 Å². The summed E-state index contributed by atoms with van der Waals surface area (Å²) in [5.41, 5.74) is 1.98. The molecule has 1 aromatic carbocycles. The van der Waals surface area contributed by atoms with Gasteiger partial charge < -0.3 is 10.0 Å². The van der Waals surface area contributed by atoms with E-state index < -0.39 is 6.09 Å². The van der Waals surface area contributed by atoms with E-state index in [9.17, 15) is 9.18 Å². The fourth-order valence-corrected chi connectivity index (χ4v) is 2.21. The van der Waals surface area contributed by atoms with Crippen molar-refractivity contribution in [2.75, 3.05) is 13.1 Å². The third kappa shape index (κ3) is 3.10. The lowest BCUT2D eigenvalue weighted by Crippen LogP contribution is -2.35. The molecule has 1 amide bonds. The Labute approximate surface area is 113 Å². The number of hydrogen-bond acceptors (Lipinski definition) is 1. The summed E-state index contributed by atoms with van der Waals surface area (Å²) >= 11 is 3.11. The Hall–Kier alpha value is -1.36. The highest BCUT2D eigenvalue weighted by atomic mass is 79.9. The molecule has 0 saturated carbocycles. The van der Waals surface area contributed by atoms with Crippen molar-refractivity contribution in [3.8, 4) is 0 Å². The number of halogens is 2. The van der Waals surface area contributed by atoms with Crippen LogP contribution in [0.5, 0.6) is 0 Å². The van der Waals surface area contributed by atoms with Crippen molar-refractivity contribution in [3.05, 3.63) is 39.6 Å². The molecule has 0 bridgehead atoms.